The molecule has 1 heterocycles. The SMILES string of the molecule is Cc1cc(S(=O)Cc2cc(=O)[nH]n2C)c(C)cc1Cl. The highest BCUT2D eigenvalue weighted by atomic mass is 35.5. The quantitative estimate of drug-likeness (QED) is 0.945. The summed E-state index contributed by atoms with van der Waals surface area (Å²) in [5.41, 5.74) is 2.34. The number of H-pyrrole nitrogens is 1. The fourth-order valence-corrected chi connectivity index (χ4v) is 3.51. The number of hydrogen-bond acceptors (Lipinski definition) is 2. The lowest BCUT2D eigenvalue weighted by Crippen LogP contribution is -2.05. The Kier molecular flexibility index (Phi) is 3.96. The second kappa shape index (κ2) is 5.35. The minimum Gasteiger partial charge on any atom is -0.291 e. The van der Waals surface area contributed by atoms with Gasteiger partial charge in [-0.1, -0.05) is 11.6 Å². The molecule has 0 amide bonds. The van der Waals surface area contributed by atoms with Crippen molar-refractivity contribution in [3.8, 4) is 0 Å². The third kappa shape index (κ3) is 2.98. The Bertz CT molecular complexity index is 703. The molecule has 6 heteroatoms. The van der Waals surface area contributed by atoms with Crippen molar-refractivity contribution in [2.24, 2.45) is 7.05 Å². The normalized spacial score (nSPS) is 12.6. The van der Waals surface area contributed by atoms with Crippen molar-refractivity contribution in [2.45, 2.75) is 24.5 Å². The second-order valence-corrected chi connectivity index (χ2v) is 6.35. The first-order valence-electron chi connectivity index (χ1n) is 5.78. The average Bonchev–Trinajstić information content (AvgIpc) is 2.62. The van der Waals surface area contributed by atoms with Gasteiger partial charge in [0.05, 0.1) is 22.2 Å². The molecule has 1 aromatic heterocycles. The third-order valence-electron chi connectivity index (χ3n) is 2.99. The summed E-state index contributed by atoms with van der Waals surface area (Å²) >= 11 is 6.03. The van der Waals surface area contributed by atoms with Crippen LogP contribution < -0.4 is 5.56 Å². The summed E-state index contributed by atoms with van der Waals surface area (Å²) in [5, 5.41) is 3.28. The van der Waals surface area contributed by atoms with Gasteiger partial charge in [-0.05, 0) is 37.1 Å². The molecule has 2 rings (SSSR count). The minimum absolute atomic E-state index is 0.182. The monoisotopic (exact) mass is 298 g/mol. The van der Waals surface area contributed by atoms with Crippen molar-refractivity contribution in [3.05, 3.63) is 50.4 Å². The molecule has 0 saturated carbocycles. The van der Waals surface area contributed by atoms with Crippen LogP contribution in [0.1, 0.15) is 16.8 Å². The van der Waals surface area contributed by atoms with E-state index in [2.05, 4.69) is 5.10 Å². The maximum atomic E-state index is 12.4. The van der Waals surface area contributed by atoms with Gasteiger partial charge in [0.2, 0.25) is 0 Å². The van der Waals surface area contributed by atoms with E-state index < -0.39 is 10.8 Å². The van der Waals surface area contributed by atoms with Crippen molar-refractivity contribution < 1.29 is 4.21 Å². The van der Waals surface area contributed by atoms with Crippen LogP contribution in [0.5, 0.6) is 0 Å². The standard InChI is InChI=1S/C13H15ClN2O2S/c1-8-5-12(9(2)4-11(8)14)19(18)7-10-6-13(17)15-16(10)3/h4-6H,7H2,1-3H3,(H,15,17). The Morgan fingerprint density at radius 1 is 1.26 bits per heavy atom. The van der Waals surface area contributed by atoms with Gasteiger partial charge < -0.3 is 0 Å². The molecule has 102 valence electrons. The number of halogens is 1. The molecule has 1 aromatic carbocycles. The van der Waals surface area contributed by atoms with Crippen LogP contribution in [-0.4, -0.2) is 14.0 Å². The lowest BCUT2D eigenvalue weighted by Gasteiger charge is -2.09. The molecule has 4 nitrogen and oxygen atoms in total. The van der Waals surface area contributed by atoms with Gasteiger partial charge in [-0.2, -0.15) is 0 Å². The maximum Gasteiger partial charge on any atom is 0.264 e. The van der Waals surface area contributed by atoms with E-state index in [1.165, 1.54) is 6.07 Å². The van der Waals surface area contributed by atoms with Crippen LogP contribution in [0.4, 0.5) is 0 Å². The molecule has 0 fully saturated rings. The molecule has 0 aliphatic heterocycles. The smallest absolute Gasteiger partial charge is 0.264 e. The van der Waals surface area contributed by atoms with Crippen LogP contribution in [0.25, 0.3) is 0 Å². The zero-order valence-electron chi connectivity index (χ0n) is 11.0. The molecular formula is C13H15ClN2O2S. The lowest BCUT2D eigenvalue weighted by atomic mass is 10.2. The van der Waals surface area contributed by atoms with Crippen molar-refractivity contribution in [3.63, 3.8) is 0 Å². The average molecular weight is 299 g/mol. The van der Waals surface area contributed by atoms with Gasteiger partial charge >= 0.3 is 0 Å². The van der Waals surface area contributed by atoms with Crippen LogP contribution in [0, 0.1) is 13.8 Å². The first-order chi connectivity index (χ1) is 8.88. The van der Waals surface area contributed by atoms with Crippen molar-refractivity contribution in [1.29, 1.82) is 0 Å². The van der Waals surface area contributed by atoms with Gasteiger partial charge in [-0.25, -0.2) is 0 Å². The lowest BCUT2D eigenvalue weighted by molar-refractivity contribution is 0.675. The van der Waals surface area contributed by atoms with Crippen molar-refractivity contribution >= 4 is 22.4 Å². The summed E-state index contributed by atoms with van der Waals surface area (Å²) in [5.74, 6) is 0.303. The number of aromatic amines is 1. The molecule has 1 unspecified atom stereocenters. The Labute approximate surface area is 118 Å². The molecule has 1 N–H and O–H groups in total. The predicted molar refractivity (Wildman–Crippen MR) is 77.1 cm³/mol. The molecule has 0 aliphatic carbocycles. The van der Waals surface area contributed by atoms with E-state index in [0.717, 1.165) is 21.7 Å². The third-order valence-corrected chi connectivity index (χ3v) is 4.88. The summed E-state index contributed by atoms with van der Waals surface area (Å²) in [7, 11) is 0.530. The second-order valence-electron chi connectivity index (χ2n) is 4.53. The first kappa shape index (κ1) is 14.1. The summed E-state index contributed by atoms with van der Waals surface area (Å²) in [6.45, 7) is 3.77. The van der Waals surface area contributed by atoms with Gasteiger partial charge in [-0.3, -0.25) is 18.8 Å². The highest BCUT2D eigenvalue weighted by molar-refractivity contribution is 7.84. The zero-order valence-corrected chi connectivity index (χ0v) is 12.6. The summed E-state index contributed by atoms with van der Waals surface area (Å²) in [6.07, 6.45) is 0. The highest BCUT2D eigenvalue weighted by Gasteiger charge is 2.12. The topological polar surface area (TPSA) is 54.9 Å². The van der Waals surface area contributed by atoms with Crippen LogP contribution >= 0.6 is 11.6 Å². The van der Waals surface area contributed by atoms with Gasteiger partial charge in [0.15, 0.2) is 0 Å². The molecule has 0 spiro atoms. The molecular weight excluding hydrogens is 284 g/mol. The van der Waals surface area contributed by atoms with E-state index in [9.17, 15) is 9.00 Å². The van der Waals surface area contributed by atoms with Crippen LogP contribution in [-0.2, 0) is 23.6 Å². The van der Waals surface area contributed by atoms with E-state index >= 15 is 0 Å². The van der Waals surface area contributed by atoms with E-state index in [4.69, 9.17) is 11.6 Å². The van der Waals surface area contributed by atoms with Gasteiger partial charge in [0.25, 0.3) is 5.56 Å². The van der Waals surface area contributed by atoms with Gasteiger partial charge in [-0.15, -0.1) is 0 Å². The number of rotatable bonds is 3. The van der Waals surface area contributed by atoms with E-state index in [1.54, 1.807) is 11.7 Å². The minimum atomic E-state index is -1.20. The predicted octanol–water partition coefficient (Wildman–Crippen LogP) is 2.29. The molecule has 0 bridgehead atoms. The van der Waals surface area contributed by atoms with Crippen LogP contribution in [0.2, 0.25) is 5.02 Å². The fourth-order valence-electron chi connectivity index (χ4n) is 1.87. The number of nitrogens with zero attached hydrogens (tertiary/aromatic N) is 1. The Morgan fingerprint density at radius 3 is 2.53 bits per heavy atom. The summed E-state index contributed by atoms with van der Waals surface area (Å²) in [4.78, 5) is 12.0. The first-order valence-corrected chi connectivity index (χ1v) is 7.48. The maximum absolute atomic E-state index is 12.4. The molecule has 2 aromatic rings. The molecule has 0 aliphatic rings. The van der Waals surface area contributed by atoms with E-state index in [-0.39, 0.29) is 5.56 Å². The zero-order chi connectivity index (χ0) is 14.2. The van der Waals surface area contributed by atoms with Crippen molar-refractivity contribution in [1.82, 2.24) is 9.78 Å². The number of nitrogens with one attached hydrogen (secondary N) is 1. The Balaban J connectivity index is 2.33. The van der Waals surface area contributed by atoms with E-state index in [1.807, 2.05) is 26.0 Å². The van der Waals surface area contributed by atoms with Gasteiger partial charge in [0, 0.05) is 23.0 Å². The van der Waals surface area contributed by atoms with Crippen LogP contribution in [0.3, 0.4) is 0 Å². The summed E-state index contributed by atoms with van der Waals surface area (Å²) in [6, 6.07) is 5.13. The van der Waals surface area contributed by atoms with Gasteiger partial charge in [0.1, 0.15) is 0 Å². The number of benzene rings is 1. The largest absolute Gasteiger partial charge is 0.291 e. The fraction of sp³-hybridized carbons (Fsp3) is 0.308. The van der Waals surface area contributed by atoms with E-state index in [0.29, 0.717) is 10.8 Å². The molecule has 1 atom stereocenters. The molecule has 0 saturated heterocycles. The Hall–Kier alpha value is -1.33. The highest BCUT2D eigenvalue weighted by Crippen LogP contribution is 2.24. The number of hydrogen-bond donors (Lipinski definition) is 1. The number of aryl methyl sites for hydroxylation is 3. The summed E-state index contributed by atoms with van der Waals surface area (Å²) < 4.78 is 14.0. The van der Waals surface area contributed by atoms with Crippen LogP contribution in [0.15, 0.2) is 27.9 Å². The molecule has 0 radical (unpaired) electrons. The Morgan fingerprint density at radius 2 is 1.95 bits per heavy atom. The molecule has 19 heavy (non-hydrogen) atoms. The van der Waals surface area contributed by atoms with Crippen molar-refractivity contribution in [2.75, 3.05) is 0 Å². The number of aromatic nitrogens is 2.